The molecule has 3 rings (SSSR count). The summed E-state index contributed by atoms with van der Waals surface area (Å²) in [6, 6.07) is 15.3. The second kappa shape index (κ2) is 7.49. The highest BCUT2D eigenvalue weighted by molar-refractivity contribution is 5.94. The van der Waals surface area contributed by atoms with Gasteiger partial charge in [0.05, 0.1) is 23.7 Å². The average Bonchev–Trinajstić information content (AvgIpc) is 3.01. The van der Waals surface area contributed by atoms with Crippen LogP contribution in [0.2, 0.25) is 0 Å². The summed E-state index contributed by atoms with van der Waals surface area (Å²) in [6.45, 7) is 5.39. The monoisotopic (exact) mass is 337 g/mol. The molecular formula is C20H23N3O2. The van der Waals surface area contributed by atoms with Crippen LogP contribution in [0.5, 0.6) is 0 Å². The van der Waals surface area contributed by atoms with Crippen LogP contribution in [0.15, 0.2) is 48.5 Å². The number of fused-ring (bicyclic) bond motifs is 1. The highest BCUT2D eigenvalue weighted by atomic mass is 16.5. The lowest BCUT2D eigenvalue weighted by Gasteiger charge is -2.15. The number of rotatable bonds is 6. The first-order chi connectivity index (χ1) is 12.1. The number of aromatic nitrogens is 2. The smallest absolute Gasteiger partial charge is 0.251 e. The Morgan fingerprint density at radius 1 is 1.20 bits per heavy atom. The van der Waals surface area contributed by atoms with Gasteiger partial charge >= 0.3 is 0 Å². The maximum absolute atomic E-state index is 12.5. The number of imidazole rings is 1. The highest BCUT2D eigenvalue weighted by Crippen LogP contribution is 2.21. The number of nitrogens with one attached hydrogen (secondary N) is 1. The fourth-order valence-corrected chi connectivity index (χ4v) is 3.02. The molecule has 2 aromatic carbocycles. The van der Waals surface area contributed by atoms with E-state index in [1.165, 1.54) is 0 Å². The van der Waals surface area contributed by atoms with Gasteiger partial charge in [0.2, 0.25) is 0 Å². The topological polar surface area (TPSA) is 56.2 Å². The van der Waals surface area contributed by atoms with Crippen molar-refractivity contribution in [2.75, 3.05) is 7.11 Å². The predicted molar refractivity (Wildman–Crippen MR) is 98.4 cm³/mol. The summed E-state index contributed by atoms with van der Waals surface area (Å²) < 4.78 is 7.23. The second-order valence-electron chi connectivity index (χ2n) is 6.03. The van der Waals surface area contributed by atoms with E-state index in [0.29, 0.717) is 12.2 Å². The number of ether oxygens (including phenoxy) is 1. The molecule has 1 aromatic heterocycles. The Morgan fingerprint density at radius 3 is 2.60 bits per heavy atom. The zero-order chi connectivity index (χ0) is 17.8. The molecular weight excluding hydrogens is 314 g/mol. The molecule has 3 aromatic rings. The SMILES string of the molecule is CCn1c(C(C)NC(=O)c2ccc(COC)cc2)nc2ccccc21. The molecule has 1 atom stereocenters. The van der Waals surface area contributed by atoms with Gasteiger partial charge in [-0.05, 0) is 43.7 Å². The number of aryl methyl sites for hydroxylation is 1. The molecule has 0 radical (unpaired) electrons. The number of methoxy groups -OCH3 is 1. The van der Waals surface area contributed by atoms with E-state index in [-0.39, 0.29) is 11.9 Å². The van der Waals surface area contributed by atoms with Crippen LogP contribution in [-0.2, 0) is 17.9 Å². The fraction of sp³-hybridized carbons (Fsp3) is 0.300. The van der Waals surface area contributed by atoms with E-state index in [2.05, 4.69) is 22.9 Å². The van der Waals surface area contributed by atoms with Gasteiger partial charge in [-0.1, -0.05) is 24.3 Å². The molecule has 0 saturated carbocycles. The molecule has 0 fully saturated rings. The van der Waals surface area contributed by atoms with E-state index < -0.39 is 0 Å². The first kappa shape index (κ1) is 17.2. The molecule has 0 saturated heterocycles. The van der Waals surface area contributed by atoms with Crippen LogP contribution in [0.25, 0.3) is 11.0 Å². The molecule has 5 heteroatoms. The summed E-state index contributed by atoms with van der Waals surface area (Å²) in [7, 11) is 1.65. The van der Waals surface area contributed by atoms with E-state index in [0.717, 1.165) is 29.0 Å². The average molecular weight is 337 g/mol. The van der Waals surface area contributed by atoms with Gasteiger partial charge < -0.3 is 14.6 Å². The Balaban J connectivity index is 1.79. The largest absolute Gasteiger partial charge is 0.380 e. The third-order valence-corrected chi connectivity index (χ3v) is 4.26. The predicted octanol–water partition coefficient (Wildman–Crippen LogP) is 3.69. The Bertz CT molecular complexity index is 868. The molecule has 0 aliphatic heterocycles. The summed E-state index contributed by atoms with van der Waals surface area (Å²) >= 11 is 0. The molecule has 0 bridgehead atoms. The molecule has 130 valence electrons. The summed E-state index contributed by atoms with van der Waals surface area (Å²) in [6.07, 6.45) is 0. The lowest BCUT2D eigenvalue weighted by Crippen LogP contribution is -2.28. The number of amides is 1. The minimum Gasteiger partial charge on any atom is -0.380 e. The molecule has 0 aliphatic carbocycles. The molecule has 1 amide bonds. The van der Waals surface area contributed by atoms with Crippen molar-refractivity contribution in [2.24, 2.45) is 0 Å². The molecule has 25 heavy (non-hydrogen) atoms. The molecule has 1 heterocycles. The van der Waals surface area contributed by atoms with Gasteiger partial charge in [0.15, 0.2) is 0 Å². The van der Waals surface area contributed by atoms with Crippen LogP contribution in [0.1, 0.15) is 41.6 Å². The van der Waals surface area contributed by atoms with Crippen molar-refractivity contribution in [3.8, 4) is 0 Å². The molecule has 0 spiro atoms. The number of hydrogen-bond acceptors (Lipinski definition) is 3. The van der Waals surface area contributed by atoms with E-state index in [1.54, 1.807) is 7.11 Å². The normalized spacial score (nSPS) is 12.3. The van der Waals surface area contributed by atoms with Crippen molar-refractivity contribution in [3.05, 3.63) is 65.5 Å². The van der Waals surface area contributed by atoms with Crippen molar-refractivity contribution in [3.63, 3.8) is 0 Å². The number of nitrogens with zero attached hydrogens (tertiary/aromatic N) is 2. The molecule has 1 N–H and O–H groups in total. The Hall–Kier alpha value is -2.66. The van der Waals surface area contributed by atoms with Crippen LogP contribution in [0.4, 0.5) is 0 Å². The standard InChI is InChI=1S/C20H23N3O2/c1-4-23-18-8-6-5-7-17(18)22-19(23)14(2)21-20(24)16-11-9-15(10-12-16)13-25-3/h5-12,14H,4,13H2,1-3H3,(H,21,24). The lowest BCUT2D eigenvalue weighted by molar-refractivity contribution is 0.0937. The maximum Gasteiger partial charge on any atom is 0.251 e. The van der Waals surface area contributed by atoms with Gasteiger partial charge in [-0.25, -0.2) is 4.98 Å². The first-order valence-corrected chi connectivity index (χ1v) is 8.48. The third-order valence-electron chi connectivity index (χ3n) is 4.26. The summed E-state index contributed by atoms with van der Waals surface area (Å²) in [5, 5.41) is 3.05. The van der Waals surface area contributed by atoms with Gasteiger partial charge in [-0.15, -0.1) is 0 Å². The second-order valence-corrected chi connectivity index (χ2v) is 6.03. The Labute approximate surface area is 147 Å². The maximum atomic E-state index is 12.5. The van der Waals surface area contributed by atoms with Crippen LogP contribution in [0.3, 0.4) is 0 Å². The lowest BCUT2D eigenvalue weighted by atomic mass is 10.1. The molecule has 5 nitrogen and oxygen atoms in total. The first-order valence-electron chi connectivity index (χ1n) is 8.48. The van der Waals surface area contributed by atoms with Crippen molar-refractivity contribution >= 4 is 16.9 Å². The Morgan fingerprint density at radius 2 is 1.92 bits per heavy atom. The van der Waals surface area contributed by atoms with Crippen molar-refractivity contribution in [2.45, 2.75) is 33.0 Å². The van der Waals surface area contributed by atoms with E-state index in [9.17, 15) is 4.79 Å². The fourth-order valence-electron chi connectivity index (χ4n) is 3.02. The minimum atomic E-state index is -0.182. The van der Waals surface area contributed by atoms with Crippen molar-refractivity contribution in [1.82, 2.24) is 14.9 Å². The molecule has 0 aliphatic rings. The van der Waals surface area contributed by atoms with Gasteiger partial charge in [0, 0.05) is 19.2 Å². The zero-order valence-electron chi connectivity index (χ0n) is 14.8. The number of benzene rings is 2. The quantitative estimate of drug-likeness (QED) is 0.746. The number of carbonyl (C=O) groups excluding carboxylic acids is 1. The summed E-state index contributed by atoms with van der Waals surface area (Å²) in [5.74, 6) is 0.763. The van der Waals surface area contributed by atoms with Crippen LogP contribution in [0, 0.1) is 0 Å². The van der Waals surface area contributed by atoms with Gasteiger partial charge in [0.25, 0.3) is 5.91 Å². The van der Waals surface area contributed by atoms with Crippen LogP contribution < -0.4 is 5.32 Å². The van der Waals surface area contributed by atoms with Crippen molar-refractivity contribution in [1.29, 1.82) is 0 Å². The van der Waals surface area contributed by atoms with Crippen LogP contribution >= 0.6 is 0 Å². The van der Waals surface area contributed by atoms with E-state index in [1.807, 2.05) is 49.4 Å². The number of para-hydroxylation sites is 2. The minimum absolute atomic E-state index is 0.105. The molecule has 1 unspecified atom stereocenters. The number of carbonyl (C=O) groups is 1. The van der Waals surface area contributed by atoms with Crippen molar-refractivity contribution < 1.29 is 9.53 Å². The highest BCUT2D eigenvalue weighted by Gasteiger charge is 2.18. The van der Waals surface area contributed by atoms with Gasteiger partial charge in [0.1, 0.15) is 5.82 Å². The van der Waals surface area contributed by atoms with Gasteiger partial charge in [-0.3, -0.25) is 4.79 Å². The van der Waals surface area contributed by atoms with E-state index >= 15 is 0 Å². The number of hydrogen-bond donors (Lipinski definition) is 1. The van der Waals surface area contributed by atoms with Gasteiger partial charge in [-0.2, -0.15) is 0 Å². The summed E-state index contributed by atoms with van der Waals surface area (Å²) in [5.41, 5.74) is 3.71. The summed E-state index contributed by atoms with van der Waals surface area (Å²) in [4.78, 5) is 17.2. The van der Waals surface area contributed by atoms with Crippen LogP contribution in [-0.4, -0.2) is 22.6 Å². The third kappa shape index (κ3) is 3.56. The zero-order valence-corrected chi connectivity index (χ0v) is 14.8. The van der Waals surface area contributed by atoms with E-state index in [4.69, 9.17) is 9.72 Å². The Kier molecular flexibility index (Phi) is 5.14.